The van der Waals surface area contributed by atoms with Gasteiger partial charge in [0.25, 0.3) is 0 Å². The second kappa shape index (κ2) is 5.68. The molecular formula is C13H17N5O2. The summed E-state index contributed by atoms with van der Waals surface area (Å²) in [7, 11) is 3.92. The molecule has 20 heavy (non-hydrogen) atoms. The summed E-state index contributed by atoms with van der Waals surface area (Å²) in [6.07, 6.45) is 0.407. The summed E-state index contributed by atoms with van der Waals surface area (Å²) in [5, 5.41) is 21.0. The Balaban J connectivity index is 2.26. The lowest BCUT2D eigenvalue weighted by atomic mass is 10.2. The monoisotopic (exact) mass is 275 g/mol. The first-order chi connectivity index (χ1) is 9.52. The van der Waals surface area contributed by atoms with Crippen LogP contribution in [0.1, 0.15) is 19.4 Å². The fraction of sp³-hybridized carbons (Fsp3) is 0.385. The summed E-state index contributed by atoms with van der Waals surface area (Å²) in [4.78, 5) is 14.2. The number of rotatable bonds is 5. The quantitative estimate of drug-likeness (QED) is 0.889. The molecule has 2 aromatic rings. The molecule has 1 unspecified atom stereocenters. The van der Waals surface area contributed by atoms with Crippen LogP contribution in [0, 0.1) is 0 Å². The Morgan fingerprint density at radius 3 is 2.50 bits per heavy atom. The third-order valence-electron chi connectivity index (χ3n) is 3.02. The number of carboxylic acids is 1. The lowest BCUT2D eigenvalue weighted by molar-refractivity contribution is -0.141. The number of hydrogen-bond donors (Lipinski definition) is 1. The zero-order valence-corrected chi connectivity index (χ0v) is 11.7. The molecule has 7 heteroatoms. The second-order valence-electron chi connectivity index (χ2n) is 4.64. The molecule has 0 aliphatic rings. The van der Waals surface area contributed by atoms with Crippen molar-refractivity contribution in [3.63, 3.8) is 0 Å². The van der Waals surface area contributed by atoms with Gasteiger partial charge in [-0.05, 0) is 35.9 Å². The zero-order valence-electron chi connectivity index (χ0n) is 11.7. The molecule has 1 atom stereocenters. The van der Waals surface area contributed by atoms with Crippen molar-refractivity contribution in [3.8, 4) is 11.4 Å². The van der Waals surface area contributed by atoms with E-state index in [2.05, 4.69) is 15.4 Å². The van der Waals surface area contributed by atoms with Crippen LogP contribution in [-0.2, 0) is 4.79 Å². The van der Waals surface area contributed by atoms with Crippen LogP contribution in [0.4, 0.5) is 5.69 Å². The molecule has 0 saturated heterocycles. The minimum Gasteiger partial charge on any atom is -0.480 e. The molecule has 1 aromatic carbocycles. The summed E-state index contributed by atoms with van der Waals surface area (Å²) in [5.74, 6) is -0.533. The molecule has 0 amide bonds. The number of carboxylic acid groups (broad SMARTS) is 1. The maximum atomic E-state index is 11.1. The first-order valence-electron chi connectivity index (χ1n) is 6.33. The summed E-state index contributed by atoms with van der Waals surface area (Å²) < 4.78 is 0. The average molecular weight is 275 g/mol. The van der Waals surface area contributed by atoms with Crippen molar-refractivity contribution < 1.29 is 9.90 Å². The van der Waals surface area contributed by atoms with Gasteiger partial charge in [0.05, 0.1) is 0 Å². The SMILES string of the molecule is CCC(C(=O)O)n1nnc(-c2ccc(N(C)C)cc2)n1. The summed E-state index contributed by atoms with van der Waals surface area (Å²) >= 11 is 0. The van der Waals surface area contributed by atoms with Gasteiger partial charge in [-0.2, -0.15) is 0 Å². The first kappa shape index (κ1) is 14.0. The maximum Gasteiger partial charge on any atom is 0.330 e. The molecule has 1 heterocycles. The molecule has 0 aliphatic heterocycles. The van der Waals surface area contributed by atoms with Crippen LogP contribution in [0.2, 0.25) is 0 Å². The van der Waals surface area contributed by atoms with Crippen molar-refractivity contribution in [3.05, 3.63) is 24.3 Å². The Morgan fingerprint density at radius 2 is 2.00 bits per heavy atom. The number of tetrazole rings is 1. The van der Waals surface area contributed by atoms with E-state index in [9.17, 15) is 4.79 Å². The van der Waals surface area contributed by atoms with Crippen LogP contribution in [0.3, 0.4) is 0 Å². The van der Waals surface area contributed by atoms with Gasteiger partial charge >= 0.3 is 5.97 Å². The van der Waals surface area contributed by atoms with Gasteiger partial charge in [0.15, 0.2) is 6.04 Å². The Labute approximate surface area is 116 Å². The van der Waals surface area contributed by atoms with E-state index in [1.165, 1.54) is 0 Å². The number of benzene rings is 1. The highest BCUT2D eigenvalue weighted by molar-refractivity contribution is 5.71. The third-order valence-corrected chi connectivity index (χ3v) is 3.02. The Bertz CT molecular complexity index is 591. The summed E-state index contributed by atoms with van der Waals surface area (Å²) in [6, 6.07) is 6.89. The van der Waals surface area contributed by atoms with Crippen molar-refractivity contribution >= 4 is 11.7 Å². The third kappa shape index (κ3) is 2.76. The molecule has 1 aromatic heterocycles. The van der Waals surface area contributed by atoms with Crippen LogP contribution in [0.5, 0.6) is 0 Å². The van der Waals surface area contributed by atoms with Gasteiger partial charge in [0.2, 0.25) is 5.82 Å². The number of aromatic nitrogens is 4. The molecule has 0 spiro atoms. The standard InChI is InChI=1S/C13H17N5O2/c1-4-11(13(19)20)18-15-12(14-16-18)9-5-7-10(8-6-9)17(2)3/h5-8,11H,4H2,1-3H3,(H,19,20). The van der Waals surface area contributed by atoms with E-state index in [-0.39, 0.29) is 0 Å². The maximum absolute atomic E-state index is 11.1. The molecule has 1 N–H and O–H groups in total. The normalized spacial score (nSPS) is 12.2. The molecule has 7 nitrogen and oxygen atoms in total. The lowest BCUT2D eigenvalue weighted by Gasteiger charge is -2.11. The van der Waals surface area contributed by atoms with Crippen LogP contribution in [-0.4, -0.2) is 45.4 Å². The Hall–Kier alpha value is -2.44. The minimum atomic E-state index is -0.959. The Kier molecular flexibility index (Phi) is 3.97. The number of nitrogens with zero attached hydrogens (tertiary/aromatic N) is 5. The molecule has 0 radical (unpaired) electrons. The molecule has 0 aliphatic carbocycles. The van der Waals surface area contributed by atoms with Crippen LogP contribution < -0.4 is 4.90 Å². The lowest BCUT2D eigenvalue weighted by Crippen LogP contribution is -2.20. The number of aliphatic carboxylic acids is 1. The topological polar surface area (TPSA) is 84.1 Å². The van der Waals surface area contributed by atoms with Gasteiger partial charge < -0.3 is 10.0 Å². The van der Waals surface area contributed by atoms with Crippen molar-refractivity contribution in [2.75, 3.05) is 19.0 Å². The van der Waals surface area contributed by atoms with E-state index in [0.717, 1.165) is 16.0 Å². The van der Waals surface area contributed by atoms with Gasteiger partial charge in [-0.15, -0.1) is 15.0 Å². The molecule has 0 saturated carbocycles. The Morgan fingerprint density at radius 1 is 1.35 bits per heavy atom. The van der Waals surface area contributed by atoms with E-state index in [1.54, 1.807) is 6.92 Å². The van der Waals surface area contributed by atoms with Crippen molar-refractivity contribution in [1.82, 2.24) is 20.2 Å². The average Bonchev–Trinajstić information content (AvgIpc) is 2.88. The van der Waals surface area contributed by atoms with Gasteiger partial charge in [0, 0.05) is 25.3 Å². The zero-order chi connectivity index (χ0) is 14.7. The van der Waals surface area contributed by atoms with Crippen LogP contribution >= 0.6 is 0 Å². The fourth-order valence-electron chi connectivity index (χ4n) is 1.82. The van der Waals surface area contributed by atoms with Crippen molar-refractivity contribution in [2.45, 2.75) is 19.4 Å². The van der Waals surface area contributed by atoms with Gasteiger partial charge in [-0.3, -0.25) is 0 Å². The molecule has 2 rings (SSSR count). The van der Waals surface area contributed by atoms with Gasteiger partial charge in [0.1, 0.15) is 0 Å². The predicted molar refractivity (Wildman–Crippen MR) is 74.5 cm³/mol. The number of hydrogen-bond acceptors (Lipinski definition) is 5. The fourth-order valence-corrected chi connectivity index (χ4v) is 1.82. The molecular weight excluding hydrogens is 258 g/mol. The van der Waals surface area contributed by atoms with Crippen molar-refractivity contribution in [1.29, 1.82) is 0 Å². The van der Waals surface area contributed by atoms with Crippen molar-refractivity contribution in [2.24, 2.45) is 0 Å². The highest BCUT2D eigenvalue weighted by Crippen LogP contribution is 2.19. The molecule has 0 fully saturated rings. The van der Waals surface area contributed by atoms with E-state index in [1.807, 2.05) is 43.3 Å². The first-order valence-corrected chi connectivity index (χ1v) is 6.33. The van der Waals surface area contributed by atoms with E-state index in [4.69, 9.17) is 5.11 Å². The molecule has 106 valence electrons. The van der Waals surface area contributed by atoms with E-state index < -0.39 is 12.0 Å². The van der Waals surface area contributed by atoms with Crippen LogP contribution in [0.25, 0.3) is 11.4 Å². The largest absolute Gasteiger partial charge is 0.480 e. The molecule has 0 bridgehead atoms. The summed E-state index contributed by atoms with van der Waals surface area (Å²) in [6.45, 7) is 1.77. The minimum absolute atomic E-state index is 0.407. The van der Waals surface area contributed by atoms with Gasteiger partial charge in [-0.25, -0.2) is 4.79 Å². The number of carbonyl (C=O) groups is 1. The predicted octanol–water partition coefficient (Wildman–Crippen LogP) is 1.44. The highest BCUT2D eigenvalue weighted by Gasteiger charge is 2.20. The van der Waals surface area contributed by atoms with E-state index in [0.29, 0.717) is 12.2 Å². The van der Waals surface area contributed by atoms with Crippen LogP contribution in [0.15, 0.2) is 24.3 Å². The highest BCUT2D eigenvalue weighted by atomic mass is 16.4. The van der Waals surface area contributed by atoms with E-state index >= 15 is 0 Å². The summed E-state index contributed by atoms with van der Waals surface area (Å²) in [5.41, 5.74) is 1.88. The number of anilines is 1. The second-order valence-corrected chi connectivity index (χ2v) is 4.64. The smallest absolute Gasteiger partial charge is 0.330 e. The van der Waals surface area contributed by atoms with Gasteiger partial charge in [-0.1, -0.05) is 6.92 Å².